The third kappa shape index (κ3) is 3.63. The molecule has 2 N–H and O–H groups in total. The summed E-state index contributed by atoms with van der Waals surface area (Å²) in [5, 5.41) is 12.9. The van der Waals surface area contributed by atoms with Gasteiger partial charge in [0, 0.05) is 29.5 Å². The summed E-state index contributed by atoms with van der Waals surface area (Å²) < 4.78 is 6.89. The van der Waals surface area contributed by atoms with Crippen LogP contribution in [0.2, 0.25) is 0 Å². The van der Waals surface area contributed by atoms with Gasteiger partial charge in [-0.3, -0.25) is 14.3 Å². The summed E-state index contributed by atoms with van der Waals surface area (Å²) in [5.41, 5.74) is 8.90. The first kappa shape index (κ1) is 17.0. The number of hydrogen-bond donors (Lipinski definition) is 2. The Balaban J connectivity index is 1.92. The van der Waals surface area contributed by atoms with E-state index < -0.39 is 29.6 Å². The van der Waals surface area contributed by atoms with Crippen molar-refractivity contribution in [3.05, 3.63) is 78.9 Å². The van der Waals surface area contributed by atoms with Crippen molar-refractivity contribution in [3.63, 3.8) is 0 Å². The molecule has 1 fully saturated rings. The number of aromatic amines is 1. The Bertz CT molecular complexity index is 901. The molecule has 9 heteroatoms. The molecule has 2 aromatic rings. The third-order valence-corrected chi connectivity index (χ3v) is 4.17. The Morgan fingerprint density at radius 2 is 2.12 bits per heavy atom. The highest BCUT2D eigenvalue weighted by molar-refractivity contribution is 5.22. The fourth-order valence-electron chi connectivity index (χ4n) is 2.92. The Labute approximate surface area is 142 Å². The molecule has 1 aromatic carbocycles. The van der Waals surface area contributed by atoms with Crippen molar-refractivity contribution in [1.29, 1.82) is 0 Å². The van der Waals surface area contributed by atoms with Gasteiger partial charge in [-0.05, 0) is 11.1 Å². The molecule has 1 aromatic heterocycles. The first-order valence-corrected chi connectivity index (χ1v) is 7.81. The summed E-state index contributed by atoms with van der Waals surface area (Å²) in [6.45, 7) is -0.324. The molecule has 0 amide bonds. The number of aliphatic hydroxyl groups is 1. The van der Waals surface area contributed by atoms with E-state index in [-0.39, 0.29) is 13.0 Å². The van der Waals surface area contributed by atoms with Gasteiger partial charge < -0.3 is 9.84 Å². The summed E-state index contributed by atoms with van der Waals surface area (Å²) in [7, 11) is 0. The predicted octanol–water partition coefficient (Wildman–Crippen LogP) is 1.09. The molecule has 9 nitrogen and oxygen atoms in total. The lowest BCUT2D eigenvalue weighted by atomic mass is 10.1. The van der Waals surface area contributed by atoms with E-state index >= 15 is 0 Å². The van der Waals surface area contributed by atoms with Gasteiger partial charge in [-0.1, -0.05) is 35.4 Å². The molecule has 3 atom stereocenters. The number of rotatable bonds is 5. The van der Waals surface area contributed by atoms with Crippen molar-refractivity contribution in [3.8, 4) is 0 Å². The van der Waals surface area contributed by atoms with Crippen molar-refractivity contribution >= 4 is 0 Å². The maximum absolute atomic E-state index is 12.2. The molecular weight excluding hydrogens is 326 g/mol. The van der Waals surface area contributed by atoms with Crippen LogP contribution in [0.15, 0.2) is 51.2 Å². The van der Waals surface area contributed by atoms with Crippen LogP contribution < -0.4 is 11.2 Å². The molecule has 0 unspecified atom stereocenters. The standard InChI is InChI=1S/C16H17N5O4/c17-20-19-12-7-14(25-13(12)9-22)21-8-11(15(23)18-16(21)24)6-10-4-2-1-3-5-10/h1-5,8,12-14,22H,6-7,9H2,(H,18,23,24)/t12-,13+,14+/m1/s1. The lowest BCUT2D eigenvalue weighted by Gasteiger charge is -2.15. The minimum Gasteiger partial charge on any atom is -0.394 e. The zero-order valence-corrected chi connectivity index (χ0v) is 13.3. The van der Waals surface area contributed by atoms with Crippen molar-refractivity contribution in [2.24, 2.45) is 5.11 Å². The van der Waals surface area contributed by atoms with Crippen LogP contribution in [0.5, 0.6) is 0 Å². The number of nitrogens with zero attached hydrogens (tertiary/aromatic N) is 4. The number of hydrogen-bond acceptors (Lipinski definition) is 5. The first-order chi connectivity index (χ1) is 12.1. The lowest BCUT2D eigenvalue weighted by molar-refractivity contribution is -0.0271. The summed E-state index contributed by atoms with van der Waals surface area (Å²) >= 11 is 0. The van der Waals surface area contributed by atoms with Crippen LogP contribution in [0.4, 0.5) is 0 Å². The molecule has 0 aliphatic carbocycles. The van der Waals surface area contributed by atoms with Gasteiger partial charge in [0.1, 0.15) is 6.23 Å². The van der Waals surface area contributed by atoms with Crippen molar-refractivity contribution in [2.75, 3.05) is 6.61 Å². The summed E-state index contributed by atoms with van der Waals surface area (Å²) in [5.74, 6) is 0. The number of benzene rings is 1. The molecular formula is C16H17N5O4. The van der Waals surface area contributed by atoms with E-state index in [2.05, 4.69) is 15.0 Å². The van der Waals surface area contributed by atoms with E-state index in [1.807, 2.05) is 30.3 Å². The first-order valence-electron chi connectivity index (χ1n) is 7.81. The van der Waals surface area contributed by atoms with Gasteiger partial charge in [0.25, 0.3) is 5.56 Å². The van der Waals surface area contributed by atoms with Gasteiger partial charge in [0.15, 0.2) is 0 Å². The van der Waals surface area contributed by atoms with E-state index in [0.717, 1.165) is 5.56 Å². The van der Waals surface area contributed by atoms with Crippen LogP contribution in [-0.4, -0.2) is 33.4 Å². The number of nitrogens with one attached hydrogen (secondary N) is 1. The van der Waals surface area contributed by atoms with Crippen LogP contribution in [0.3, 0.4) is 0 Å². The molecule has 1 saturated heterocycles. The fourth-order valence-corrected chi connectivity index (χ4v) is 2.92. The number of ether oxygens (including phenoxy) is 1. The van der Waals surface area contributed by atoms with Crippen molar-refractivity contribution in [2.45, 2.75) is 31.2 Å². The van der Waals surface area contributed by atoms with Gasteiger partial charge in [0.2, 0.25) is 0 Å². The van der Waals surface area contributed by atoms with Gasteiger partial charge >= 0.3 is 5.69 Å². The van der Waals surface area contributed by atoms with E-state index in [1.165, 1.54) is 10.8 Å². The van der Waals surface area contributed by atoms with Gasteiger partial charge in [-0.25, -0.2) is 4.79 Å². The Kier molecular flexibility index (Phi) is 4.99. The largest absolute Gasteiger partial charge is 0.394 e. The van der Waals surface area contributed by atoms with E-state index in [0.29, 0.717) is 12.0 Å². The minimum atomic E-state index is -0.716. The molecule has 0 spiro atoms. The van der Waals surface area contributed by atoms with Crippen LogP contribution in [0.1, 0.15) is 23.8 Å². The van der Waals surface area contributed by atoms with Crippen molar-refractivity contribution in [1.82, 2.24) is 9.55 Å². The molecule has 25 heavy (non-hydrogen) atoms. The fraction of sp³-hybridized carbons (Fsp3) is 0.375. The molecule has 1 aliphatic rings. The maximum atomic E-state index is 12.2. The van der Waals surface area contributed by atoms with E-state index in [4.69, 9.17) is 10.3 Å². The average molecular weight is 343 g/mol. The number of aromatic nitrogens is 2. The normalized spacial score (nSPS) is 22.5. The van der Waals surface area contributed by atoms with Crippen LogP contribution >= 0.6 is 0 Å². The van der Waals surface area contributed by atoms with Crippen molar-refractivity contribution < 1.29 is 9.84 Å². The zero-order chi connectivity index (χ0) is 17.8. The molecule has 3 rings (SSSR count). The van der Waals surface area contributed by atoms with Gasteiger partial charge in [-0.2, -0.15) is 0 Å². The zero-order valence-electron chi connectivity index (χ0n) is 13.3. The van der Waals surface area contributed by atoms with E-state index in [1.54, 1.807) is 0 Å². The molecule has 2 heterocycles. The molecule has 1 aliphatic heterocycles. The summed E-state index contributed by atoms with van der Waals surface area (Å²) in [4.78, 5) is 29.3. The molecule has 0 bridgehead atoms. The van der Waals surface area contributed by atoms with Crippen LogP contribution in [0.25, 0.3) is 10.4 Å². The second-order valence-corrected chi connectivity index (χ2v) is 5.80. The Morgan fingerprint density at radius 1 is 1.36 bits per heavy atom. The average Bonchev–Trinajstić information content (AvgIpc) is 3.01. The molecule has 0 radical (unpaired) electrons. The quantitative estimate of drug-likeness (QED) is 0.477. The van der Waals surface area contributed by atoms with Crippen LogP contribution in [-0.2, 0) is 11.2 Å². The lowest BCUT2D eigenvalue weighted by Crippen LogP contribution is -2.34. The predicted molar refractivity (Wildman–Crippen MR) is 89.1 cm³/mol. The highest BCUT2D eigenvalue weighted by Gasteiger charge is 2.35. The van der Waals surface area contributed by atoms with E-state index in [9.17, 15) is 14.7 Å². The summed E-state index contributed by atoms with van der Waals surface area (Å²) in [6.07, 6.45) is 0.674. The SMILES string of the molecule is [N-]=[N+]=N[C@@H]1C[C@@H](n2cc(Cc3ccccc3)c(=O)[nH]c2=O)O[C@H]1CO. The highest BCUT2D eigenvalue weighted by atomic mass is 16.5. The topological polar surface area (TPSA) is 133 Å². The molecule has 0 saturated carbocycles. The van der Waals surface area contributed by atoms with Crippen LogP contribution in [0, 0.1) is 0 Å². The number of aliphatic hydroxyl groups excluding tert-OH is 1. The number of azide groups is 1. The Morgan fingerprint density at radius 3 is 2.80 bits per heavy atom. The second-order valence-electron chi connectivity index (χ2n) is 5.80. The monoisotopic (exact) mass is 343 g/mol. The highest BCUT2D eigenvalue weighted by Crippen LogP contribution is 2.29. The van der Waals surface area contributed by atoms with Gasteiger partial charge in [0.05, 0.1) is 18.8 Å². The number of H-pyrrole nitrogens is 1. The maximum Gasteiger partial charge on any atom is 0.330 e. The second kappa shape index (κ2) is 7.35. The smallest absolute Gasteiger partial charge is 0.330 e. The van der Waals surface area contributed by atoms with Gasteiger partial charge in [-0.15, -0.1) is 0 Å². The summed E-state index contributed by atoms with van der Waals surface area (Å²) in [6, 6.07) is 8.83. The molecule has 130 valence electrons. The Hall–Kier alpha value is -2.87. The minimum absolute atomic E-state index is 0.242. The third-order valence-electron chi connectivity index (χ3n) is 4.17.